The van der Waals surface area contributed by atoms with Crippen molar-refractivity contribution >= 4 is 11.6 Å². The van der Waals surface area contributed by atoms with Crippen molar-refractivity contribution in [1.82, 2.24) is 15.1 Å². The molecule has 1 aromatic heterocycles. The summed E-state index contributed by atoms with van der Waals surface area (Å²) in [5, 5.41) is 8.28. The van der Waals surface area contributed by atoms with Crippen LogP contribution in [0.4, 0.5) is 0 Å². The summed E-state index contributed by atoms with van der Waals surface area (Å²) in [6, 6.07) is 0.0208. The van der Waals surface area contributed by atoms with E-state index in [9.17, 15) is 0 Å². The van der Waals surface area contributed by atoms with Gasteiger partial charge in [-0.1, -0.05) is 18.5 Å². The molecule has 0 fully saturated rings. The molecule has 1 unspecified atom stereocenters. The van der Waals surface area contributed by atoms with Gasteiger partial charge in [-0.2, -0.15) is 5.10 Å². The fraction of sp³-hybridized carbons (Fsp3) is 0.750. The minimum absolute atomic E-state index is 0.0208. The van der Waals surface area contributed by atoms with Crippen molar-refractivity contribution in [2.75, 3.05) is 13.2 Å². The van der Waals surface area contributed by atoms with Crippen LogP contribution in [-0.2, 0) is 11.8 Å². The smallest absolute Gasteiger partial charge is 0.0836 e. The third-order valence-corrected chi connectivity index (χ3v) is 3.12. The maximum Gasteiger partial charge on any atom is 0.0836 e. The first kappa shape index (κ1) is 14.5. The molecule has 0 saturated carbocycles. The Kier molecular flexibility index (Phi) is 4.98. The fourth-order valence-corrected chi connectivity index (χ4v) is 2.35. The summed E-state index contributed by atoms with van der Waals surface area (Å²) in [5.74, 6) is 0. The van der Waals surface area contributed by atoms with E-state index in [0.29, 0.717) is 11.6 Å². The lowest BCUT2D eigenvalue weighted by Gasteiger charge is -2.35. The maximum atomic E-state index is 6.20. The number of hydrogen-bond acceptors (Lipinski definition) is 3. The highest BCUT2D eigenvalue weighted by Crippen LogP contribution is 2.32. The predicted molar refractivity (Wildman–Crippen MR) is 70.3 cm³/mol. The van der Waals surface area contributed by atoms with E-state index in [-0.39, 0.29) is 11.6 Å². The fourth-order valence-electron chi connectivity index (χ4n) is 2.08. The lowest BCUT2D eigenvalue weighted by Crippen LogP contribution is -2.42. The lowest BCUT2D eigenvalue weighted by atomic mass is 9.95. The molecule has 1 aromatic rings. The Hall–Kier alpha value is -0.580. The number of likely N-dealkylation sites (N-methyl/N-ethyl adjacent to an activating group) is 1. The molecular weight excluding hydrogens is 238 g/mol. The van der Waals surface area contributed by atoms with Crippen LogP contribution in [0.3, 0.4) is 0 Å². The first-order chi connectivity index (χ1) is 7.94. The van der Waals surface area contributed by atoms with Crippen LogP contribution in [0.2, 0.25) is 5.02 Å². The highest BCUT2D eigenvalue weighted by atomic mass is 35.5. The second-order valence-corrected chi connectivity index (χ2v) is 4.94. The number of halogens is 1. The quantitative estimate of drug-likeness (QED) is 0.853. The zero-order chi connectivity index (χ0) is 13.1. The molecule has 1 rings (SSSR count). The summed E-state index contributed by atoms with van der Waals surface area (Å²) >= 11 is 6.20. The van der Waals surface area contributed by atoms with Gasteiger partial charge >= 0.3 is 0 Å². The highest BCUT2D eigenvalue weighted by Gasteiger charge is 2.34. The van der Waals surface area contributed by atoms with E-state index in [1.54, 1.807) is 10.9 Å². The van der Waals surface area contributed by atoms with Gasteiger partial charge < -0.3 is 10.1 Å². The number of aromatic nitrogens is 2. The van der Waals surface area contributed by atoms with Crippen molar-refractivity contribution in [2.24, 2.45) is 7.05 Å². The average Bonchev–Trinajstić information content (AvgIpc) is 2.55. The molecule has 0 bridgehead atoms. The molecule has 1 heterocycles. The van der Waals surface area contributed by atoms with Crippen LogP contribution in [0.25, 0.3) is 0 Å². The summed E-state index contributed by atoms with van der Waals surface area (Å²) in [4.78, 5) is 0. The summed E-state index contributed by atoms with van der Waals surface area (Å²) in [6.45, 7) is 9.71. The van der Waals surface area contributed by atoms with Gasteiger partial charge in [-0.15, -0.1) is 0 Å². The molecule has 1 atom stereocenters. The molecule has 0 aromatic carbocycles. The Morgan fingerprint density at radius 3 is 2.59 bits per heavy atom. The molecule has 0 aliphatic heterocycles. The van der Waals surface area contributed by atoms with Crippen molar-refractivity contribution < 1.29 is 4.74 Å². The summed E-state index contributed by atoms with van der Waals surface area (Å²) < 4.78 is 7.62. The van der Waals surface area contributed by atoms with Crippen LogP contribution in [0.1, 0.15) is 39.4 Å². The maximum absolute atomic E-state index is 6.20. The minimum Gasteiger partial charge on any atom is -0.374 e. The second-order valence-electron chi connectivity index (χ2n) is 4.53. The van der Waals surface area contributed by atoms with E-state index < -0.39 is 0 Å². The molecule has 5 heteroatoms. The van der Waals surface area contributed by atoms with Gasteiger partial charge in [0, 0.05) is 13.7 Å². The van der Waals surface area contributed by atoms with Gasteiger partial charge in [0.2, 0.25) is 0 Å². The van der Waals surface area contributed by atoms with Gasteiger partial charge in [0.05, 0.1) is 28.6 Å². The third kappa shape index (κ3) is 3.21. The van der Waals surface area contributed by atoms with E-state index >= 15 is 0 Å². The minimum atomic E-state index is -0.331. The molecule has 0 amide bonds. The van der Waals surface area contributed by atoms with E-state index in [1.807, 2.05) is 14.0 Å². The number of nitrogens with one attached hydrogen (secondary N) is 1. The van der Waals surface area contributed by atoms with Gasteiger partial charge in [0.25, 0.3) is 0 Å². The predicted octanol–water partition coefficient (Wildman–Crippen LogP) is 2.54. The number of hydrogen-bond donors (Lipinski definition) is 1. The van der Waals surface area contributed by atoms with E-state index in [0.717, 1.165) is 12.2 Å². The van der Waals surface area contributed by atoms with Gasteiger partial charge in [-0.05, 0) is 27.3 Å². The number of nitrogens with zero attached hydrogens (tertiary/aromatic N) is 2. The van der Waals surface area contributed by atoms with Gasteiger partial charge in [-0.3, -0.25) is 4.68 Å². The normalized spacial score (nSPS) is 14.0. The Bertz CT molecular complexity index is 343. The van der Waals surface area contributed by atoms with Crippen molar-refractivity contribution in [2.45, 2.75) is 39.3 Å². The SMILES string of the molecule is CCNC(c1c(Cl)cnn1C)C(C)(C)OCC. The first-order valence-corrected chi connectivity index (χ1v) is 6.36. The van der Waals surface area contributed by atoms with E-state index in [4.69, 9.17) is 16.3 Å². The molecule has 0 saturated heterocycles. The monoisotopic (exact) mass is 259 g/mol. The van der Waals surface area contributed by atoms with Crippen LogP contribution in [0.15, 0.2) is 6.20 Å². The molecule has 0 aliphatic carbocycles. The van der Waals surface area contributed by atoms with E-state index in [2.05, 4.69) is 31.2 Å². The molecule has 98 valence electrons. The number of ether oxygens (including phenoxy) is 1. The zero-order valence-corrected chi connectivity index (χ0v) is 12.0. The first-order valence-electron chi connectivity index (χ1n) is 5.98. The second kappa shape index (κ2) is 5.85. The Balaban J connectivity index is 3.09. The Morgan fingerprint density at radius 1 is 1.53 bits per heavy atom. The molecular formula is C12H22ClN3O. The molecule has 0 radical (unpaired) electrons. The highest BCUT2D eigenvalue weighted by molar-refractivity contribution is 6.31. The standard InChI is InChI=1S/C12H22ClN3O/c1-6-14-11(12(3,4)17-7-2)10-9(13)8-15-16(10)5/h8,11,14H,6-7H2,1-5H3. The Labute approximate surface area is 108 Å². The Morgan fingerprint density at radius 2 is 2.18 bits per heavy atom. The largest absolute Gasteiger partial charge is 0.374 e. The number of aryl methyl sites for hydroxylation is 1. The van der Waals surface area contributed by atoms with Gasteiger partial charge in [0.15, 0.2) is 0 Å². The third-order valence-electron chi connectivity index (χ3n) is 2.83. The zero-order valence-electron chi connectivity index (χ0n) is 11.2. The molecule has 1 N–H and O–H groups in total. The lowest BCUT2D eigenvalue weighted by molar-refractivity contribution is -0.0406. The van der Waals surface area contributed by atoms with Crippen molar-refractivity contribution in [1.29, 1.82) is 0 Å². The molecule has 0 spiro atoms. The number of rotatable bonds is 6. The average molecular weight is 260 g/mol. The van der Waals surface area contributed by atoms with Crippen LogP contribution in [-0.4, -0.2) is 28.5 Å². The van der Waals surface area contributed by atoms with Crippen molar-refractivity contribution in [3.63, 3.8) is 0 Å². The van der Waals surface area contributed by atoms with Crippen molar-refractivity contribution in [3.05, 3.63) is 16.9 Å². The van der Waals surface area contributed by atoms with Gasteiger partial charge in [0.1, 0.15) is 0 Å². The summed E-state index contributed by atoms with van der Waals surface area (Å²) in [7, 11) is 1.90. The van der Waals surface area contributed by atoms with Gasteiger partial charge in [-0.25, -0.2) is 0 Å². The molecule has 17 heavy (non-hydrogen) atoms. The topological polar surface area (TPSA) is 39.1 Å². The van der Waals surface area contributed by atoms with Crippen molar-refractivity contribution in [3.8, 4) is 0 Å². The molecule has 0 aliphatic rings. The summed E-state index contributed by atoms with van der Waals surface area (Å²) in [5.41, 5.74) is 0.634. The van der Waals surface area contributed by atoms with E-state index in [1.165, 1.54) is 0 Å². The molecule has 4 nitrogen and oxygen atoms in total. The van der Waals surface area contributed by atoms with Crippen LogP contribution >= 0.6 is 11.6 Å². The van der Waals surface area contributed by atoms with Crippen LogP contribution in [0, 0.1) is 0 Å². The summed E-state index contributed by atoms with van der Waals surface area (Å²) in [6.07, 6.45) is 1.67. The van der Waals surface area contributed by atoms with Crippen LogP contribution < -0.4 is 5.32 Å². The van der Waals surface area contributed by atoms with Crippen LogP contribution in [0.5, 0.6) is 0 Å².